The van der Waals surface area contributed by atoms with Crippen LogP contribution in [0.25, 0.3) is 45.5 Å². The standard InChI is InChI=1S/C39H32N2O2S4/c1-5-40-35(42)33(46-37(40)44)19-23-7-11-25(12-8-23)27-15-17-29-30-18-16-28(22-32(30)39(3,4)31(29)21-27)26-13-9-24(10-14-26)20-34-36(43)41(6-2)38(45)47-34/h7-22H,5-6H2,1-4H3. The number of benzene rings is 4. The monoisotopic (exact) mass is 688 g/mol. The van der Waals surface area contributed by atoms with E-state index in [1.165, 1.54) is 56.9 Å². The van der Waals surface area contributed by atoms with E-state index in [-0.39, 0.29) is 17.2 Å². The van der Waals surface area contributed by atoms with Crippen LogP contribution in [0.15, 0.2) is 94.7 Å². The van der Waals surface area contributed by atoms with E-state index < -0.39 is 0 Å². The van der Waals surface area contributed by atoms with Crippen LogP contribution in [-0.4, -0.2) is 43.3 Å². The third-order valence-electron chi connectivity index (χ3n) is 9.14. The van der Waals surface area contributed by atoms with Crippen molar-refractivity contribution >= 4 is 80.6 Å². The zero-order chi connectivity index (χ0) is 33.0. The van der Waals surface area contributed by atoms with E-state index in [0.717, 1.165) is 22.3 Å². The maximum absolute atomic E-state index is 12.6. The molecule has 4 aromatic carbocycles. The van der Waals surface area contributed by atoms with E-state index >= 15 is 0 Å². The van der Waals surface area contributed by atoms with E-state index in [2.05, 4.69) is 98.8 Å². The first kappa shape index (κ1) is 31.8. The molecule has 4 aromatic rings. The molecule has 0 saturated carbocycles. The van der Waals surface area contributed by atoms with Gasteiger partial charge in [-0.2, -0.15) is 0 Å². The molecule has 0 radical (unpaired) electrons. The summed E-state index contributed by atoms with van der Waals surface area (Å²) in [6.07, 6.45) is 3.85. The van der Waals surface area contributed by atoms with Gasteiger partial charge in [-0.3, -0.25) is 19.4 Å². The normalized spacial score (nSPS) is 18.6. The lowest BCUT2D eigenvalue weighted by molar-refractivity contribution is -0.122. The summed E-state index contributed by atoms with van der Waals surface area (Å²) >= 11 is 13.5. The Labute approximate surface area is 294 Å². The number of thiocarbonyl (C=S) groups is 2. The number of nitrogens with zero attached hydrogens (tertiary/aromatic N) is 2. The quantitative estimate of drug-likeness (QED) is 0.148. The van der Waals surface area contributed by atoms with Gasteiger partial charge in [-0.25, -0.2) is 0 Å². The molecule has 234 valence electrons. The van der Waals surface area contributed by atoms with Gasteiger partial charge >= 0.3 is 0 Å². The Morgan fingerprint density at radius 3 is 1.30 bits per heavy atom. The Morgan fingerprint density at radius 2 is 0.957 bits per heavy atom. The molecule has 4 nitrogen and oxygen atoms in total. The van der Waals surface area contributed by atoms with Gasteiger partial charge in [0.05, 0.1) is 9.81 Å². The van der Waals surface area contributed by atoms with Crippen molar-refractivity contribution < 1.29 is 9.59 Å². The molecular formula is C39H32N2O2S4. The molecule has 2 heterocycles. The molecule has 0 unspecified atom stereocenters. The maximum atomic E-state index is 12.6. The van der Waals surface area contributed by atoms with Gasteiger partial charge in [0, 0.05) is 18.5 Å². The van der Waals surface area contributed by atoms with Crippen molar-refractivity contribution in [3.63, 3.8) is 0 Å². The second-order valence-electron chi connectivity index (χ2n) is 12.2. The van der Waals surface area contributed by atoms with Gasteiger partial charge in [-0.15, -0.1) is 0 Å². The van der Waals surface area contributed by atoms with Crippen molar-refractivity contribution in [2.45, 2.75) is 33.1 Å². The molecule has 47 heavy (non-hydrogen) atoms. The molecule has 2 fully saturated rings. The van der Waals surface area contributed by atoms with E-state index in [9.17, 15) is 9.59 Å². The van der Waals surface area contributed by atoms with Crippen molar-refractivity contribution in [3.05, 3.63) is 117 Å². The van der Waals surface area contributed by atoms with Gasteiger partial charge in [-0.05, 0) is 93.8 Å². The van der Waals surface area contributed by atoms with Crippen LogP contribution in [0.4, 0.5) is 0 Å². The lowest BCUT2D eigenvalue weighted by Gasteiger charge is -2.22. The Balaban J connectivity index is 1.12. The van der Waals surface area contributed by atoms with E-state index in [1.54, 1.807) is 9.80 Å². The van der Waals surface area contributed by atoms with E-state index in [1.807, 2.05) is 26.0 Å². The van der Waals surface area contributed by atoms with Crippen molar-refractivity contribution in [1.82, 2.24) is 9.80 Å². The summed E-state index contributed by atoms with van der Waals surface area (Å²) in [6.45, 7) is 9.66. The van der Waals surface area contributed by atoms with E-state index in [0.29, 0.717) is 31.5 Å². The summed E-state index contributed by atoms with van der Waals surface area (Å²) in [7, 11) is 0. The molecule has 2 amide bonds. The predicted molar refractivity (Wildman–Crippen MR) is 206 cm³/mol. The topological polar surface area (TPSA) is 40.6 Å². The highest BCUT2D eigenvalue weighted by atomic mass is 32.2. The number of amides is 2. The highest BCUT2D eigenvalue weighted by Crippen LogP contribution is 2.50. The van der Waals surface area contributed by atoms with Crippen LogP contribution in [0.3, 0.4) is 0 Å². The zero-order valence-corrected chi connectivity index (χ0v) is 29.8. The molecule has 7 rings (SSSR count). The summed E-state index contributed by atoms with van der Waals surface area (Å²) in [6, 6.07) is 30.3. The van der Waals surface area contributed by atoms with Crippen LogP contribution < -0.4 is 0 Å². The van der Waals surface area contributed by atoms with Gasteiger partial charge in [0.2, 0.25) is 0 Å². The molecule has 0 aromatic heterocycles. The molecule has 1 aliphatic carbocycles. The number of carbonyl (C=O) groups excluding carboxylic acids is 2. The Hall–Kier alpha value is -3.82. The number of fused-ring (bicyclic) bond motifs is 3. The fourth-order valence-corrected chi connectivity index (χ4v) is 9.26. The molecule has 0 N–H and O–H groups in total. The first-order valence-corrected chi connectivity index (χ1v) is 18.0. The molecule has 0 atom stereocenters. The molecule has 0 spiro atoms. The van der Waals surface area contributed by atoms with Gasteiger partial charge in [0.1, 0.15) is 8.64 Å². The molecule has 0 bridgehead atoms. The minimum absolute atomic E-state index is 0.0184. The van der Waals surface area contributed by atoms with Crippen LogP contribution in [0.2, 0.25) is 0 Å². The lowest BCUT2D eigenvalue weighted by atomic mass is 9.81. The maximum Gasteiger partial charge on any atom is 0.266 e. The highest BCUT2D eigenvalue weighted by Gasteiger charge is 2.36. The minimum Gasteiger partial charge on any atom is -0.293 e. The van der Waals surface area contributed by atoms with Crippen molar-refractivity contribution in [3.8, 4) is 33.4 Å². The first-order valence-electron chi connectivity index (χ1n) is 15.6. The van der Waals surface area contributed by atoms with E-state index in [4.69, 9.17) is 24.4 Å². The first-order chi connectivity index (χ1) is 22.6. The number of carbonyl (C=O) groups is 2. The fraction of sp³-hybridized carbons (Fsp3) is 0.179. The van der Waals surface area contributed by atoms with Gasteiger partial charge < -0.3 is 0 Å². The summed E-state index contributed by atoms with van der Waals surface area (Å²) < 4.78 is 1.24. The summed E-state index contributed by atoms with van der Waals surface area (Å²) in [4.78, 5) is 29.9. The second-order valence-corrected chi connectivity index (χ2v) is 15.6. The number of hydrogen-bond acceptors (Lipinski definition) is 6. The molecule has 3 aliphatic rings. The Morgan fingerprint density at radius 1 is 0.596 bits per heavy atom. The largest absolute Gasteiger partial charge is 0.293 e. The van der Waals surface area contributed by atoms with Crippen LogP contribution in [-0.2, 0) is 15.0 Å². The summed E-state index contributed by atoms with van der Waals surface area (Å²) in [5, 5.41) is 0. The van der Waals surface area contributed by atoms with Crippen LogP contribution in [0.5, 0.6) is 0 Å². The average molecular weight is 689 g/mol. The molecule has 8 heteroatoms. The second kappa shape index (κ2) is 12.3. The number of hydrogen-bond donors (Lipinski definition) is 0. The fourth-order valence-electron chi connectivity index (χ4n) is 6.49. The Bertz CT molecular complexity index is 1910. The van der Waals surface area contributed by atoms with Gasteiger partial charge in [0.15, 0.2) is 0 Å². The molecule has 2 saturated heterocycles. The lowest BCUT2D eigenvalue weighted by Crippen LogP contribution is -2.27. The van der Waals surface area contributed by atoms with Crippen LogP contribution >= 0.6 is 48.0 Å². The third-order valence-corrected chi connectivity index (χ3v) is 11.9. The van der Waals surface area contributed by atoms with Crippen molar-refractivity contribution in [2.75, 3.05) is 13.1 Å². The van der Waals surface area contributed by atoms with Crippen molar-refractivity contribution in [2.24, 2.45) is 0 Å². The highest BCUT2D eigenvalue weighted by molar-refractivity contribution is 8.27. The van der Waals surface area contributed by atoms with Gasteiger partial charge in [-0.1, -0.05) is 135 Å². The Kier molecular flexibility index (Phi) is 8.33. The third kappa shape index (κ3) is 5.61. The minimum atomic E-state index is -0.168. The number of likely N-dealkylation sites (N-methyl/N-ethyl adjacent to an activating group) is 2. The van der Waals surface area contributed by atoms with Gasteiger partial charge in [0.25, 0.3) is 11.8 Å². The summed E-state index contributed by atoms with van der Waals surface area (Å²) in [5.41, 5.74) is 11.6. The molecule has 2 aliphatic heterocycles. The smallest absolute Gasteiger partial charge is 0.266 e. The van der Waals surface area contributed by atoms with Crippen LogP contribution in [0.1, 0.15) is 49.9 Å². The molecular weight excluding hydrogens is 657 g/mol. The zero-order valence-electron chi connectivity index (χ0n) is 26.5. The van der Waals surface area contributed by atoms with Crippen molar-refractivity contribution in [1.29, 1.82) is 0 Å². The van der Waals surface area contributed by atoms with Crippen LogP contribution in [0, 0.1) is 0 Å². The average Bonchev–Trinajstić information content (AvgIpc) is 3.60. The summed E-state index contributed by atoms with van der Waals surface area (Å²) in [5.74, 6) is -0.0368. The SMILES string of the molecule is CCN1C(=O)C(=Cc2ccc(-c3ccc4c(c3)C(C)(C)c3cc(-c5ccc(C=C6SC(=S)N(CC)C6=O)cc5)ccc3-4)cc2)SC1=S. The predicted octanol–water partition coefficient (Wildman–Crippen LogP) is 9.77. The number of rotatable bonds is 6. The number of thioether (sulfide) groups is 2.